The van der Waals surface area contributed by atoms with Gasteiger partial charge >= 0.3 is 0 Å². The van der Waals surface area contributed by atoms with Crippen LogP contribution in [0, 0.1) is 6.92 Å². The molecule has 230 valence electrons. The lowest BCUT2D eigenvalue weighted by atomic mass is 10.0. The molecule has 0 saturated heterocycles. The minimum absolute atomic E-state index is 0.0000234. The van der Waals surface area contributed by atoms with Crippen molar-refractivity contribution < 1.29 is 18.0 Å². The summed E-state index contributed by atoms with van der Waals surface area (Å²) >= 11 is 12.5. The van der Waals surface area contributed by atoms with Gasteiger partial charge in [-0.05, 0) is 60.9 Å². The predicted octanol–water partition coefficient (Wildman–Crippen LogP) is 6.66. The van der Waals surface area contributed by atoms with E-state index in [1.54, 1.807) is 60.7 Å². The van der Waals surface area contributed by atoms with Crippen LogP contribution < -0.4 is 9.62 Å². The molecule has 0 unspecified atom stereocenters. The van der Waals surface area contributed by atoms with Crippen molar-refractivity contribution in [2.75, 3.05) is 17.4 Å². The highest BCUT2D eigenvalue weighted by Crippen LogP contribution is 2.27. The maximum atomic E-state index is 14.4. The molecule has 4 aromatic carbocycles. The van der Waals surface area contributed by atoms with Crippen LogP contribution in [0.4, 0.5) is 5.69 Å². The molecule has 4 aromatic rings. The summed E-state index contributed by atoms with van der Waals surface area (Å²) in [6.45, 7) is 3.70. The van der Waals surface area contributed by atoms with Crippen LogP contribution in [0.5, 0.6) is 0 Å². The molecular weight excluding hydrogens is 617 g/mol. The third-order valence-electron chi connectivity index (χ3n) is 7.09. The lowest BCUT2D eigenvalue weighted by Gasteiger charge is -2.34. The highest BCUT2D eigenvalue weighted by molar-refractivity contribution is 7.92. The molecule has 0 heterocycles. The average molecular weight is 653 g/mol. The van der Waals surface area contributed by atoms with E-state index in [2.05, 4.69) is 5.32 Å². The van der Waals surface area contributed by atoms with Crippen LogP contribution in [0.3, 0.4) is 0 Å². The van der Waals surface area contributed by atoms with Crippen LogP contribution in [0.2, 0.25) is 10.0 Å². The fraction of sp³-hybridized carbons (Fsp3) is 0.235. The second-order valence-corrected chi connectivity index (χ2v) is 13.1. The Bertz CT molecular complexity index is 1670. The third-order valence-corrected chi connectivity index (χ3v) is 9.62. The highest BCUT2D eigenvalue weighted by atomic mass is 35.5. The quantitative estimate of drug-likeness (QED) is 0.175. The monoisotopic (exact) mass is 651 g/mol. The number of sulfonamides is 1. The van der Waals surface area contributed by atoms with E-state index in [4.69, 9.17) is 23.2 Å². The Kier molecular flexibility index (Phi) is 11.4. The summed E-state index contributed by atoms with van der Waals surface area (Å²) < 4.78 is 29.1. The maximum Gasteiger partial charge on any atom is 0.264 e. The molecule has 10 heteroatoms. The van der Waals surface area contributed by atoms with Gasteiger partial charge in [0.25, 0.3) is 10.0 Å². The summed E-state index contributed by atoms with van der Waals surface area (Å²) in [6, 6.07) is 28.4. The molecule has 7 nitrogen and oxygen atoms in total. The summed E-state index contributed by atoms with van der Waals surface area (Å²) in [7, 11) is -4.16. The molecule has 0 radical (unpaired) electrons. The normalized spacial score (nSPS) is 11.9. The van der Waals surface area contributed by atoms with Crippen molar-refractivity contribution >= 4 is 50.7 Å². The molecule has 0 bridgehead atoms. The first kappa shape index (κ1) is 33.1. The van der Waals surface area contributed by atoms with Crippen molar-refractivity contribution in [3.63, 3.8) is 0 Å². The summed E-state index contributed by atoms with van der Waals surface area (Å²) in [6.07, 6.45) is 0.931. The molecule has 4 rings (SSSR count). The number of carbonyl (C=O) groups excluding carboxylic acids is 2. The zero-order valence-electron chi connectivity index (χ0n) is 24.6. The number of para-hydroxylation sites is 1. The van der Waals surface area contributed by atoms with Crippen LogP contribution in [0.1, 0.15) is 30.0 Å². The molecule has 2 amide bonds. The van der Waals surface area contributed by atoms with Crippen molar-refractivity contribution in [2.45, 2.75) is 44.2 Å². The molecule has 0 fully saturated rings. The van der Waals surface area contributed by atoms with Gasteiger partial charge < -0.3 is 10.2 Å². The van der Waals surface area contributed by atoms with Gasteiger partial charge in [0.1, 0.15) is 12.6 Å². The number of rotatable bonds is 13. The topological polar surface area (TPSA) is 86.8 Å². The Morgan fingerprint density at radius 3 is 2.07 bits per heavy atom. The van der Waals surface area contributed by atoms with Crippen molar-refractivity contribution in [1.82, 2.24) is 10.2 Å². The van der Waals surface area contributed by atoms with E-state index >= 15 is 0 Å². The van der Waals surface area contributed by atoms with E-state index in [1.165, 1.54) is 17.0 Å². The lowest BCUT2D eigenvalue weighted by molar-refractivity contribution is -0.140. The van der Waals surface area contributed by atoms with Gasteiger partial charge in [-0.15, -0.1) is 0 Å². The molecule has 1 N–H and O–H groups in total. The molecule has 0 spiro atoms. The number of amides is 2. The Morgan fingerprint density at radius 1 is 0.818 bits per heavy atom. The fourth-order valence-electron chi connectivity index (χ4n) is 4.72. The first-order valence-electron chi connectivity index (χ1n) is 14.3. The third kappa shape index (κ3) is 8.40. The molecule has 0 saturated carbocycles. The van der Waals surface area contributed by atoms with Gasteiger partial charge in [0.2, 0.25) is 11.8 Å². The zero-order chi connectivity index (χ0) is 31.7. The number of anilines is 1. The number of nitrogens with one attached hydrogen (secondary N) is 1. The molecular formula is C34H35Cl2N3O4S. The van der Waals surface area contributed by atoms with E-state index in [9.17, 15) is 18.0 Å². The van der Waals surface area contributed by atoms with Crippen molar-refractivity contribution in [3.8, 4) is 0 Å². The summed E-state index contributed by atoms with van der Waals surface area (Å²) in [5.41, 5.74) is 2.72. The highest BCUT2D eigenvalue weighted by Gasteiger charge is 2.34. The van der Waals surface area contributed by atoms with Crippen LogP contribution in [-0.4, -0.2) is 44.3 Å². The summed E-state index contributed by atoms with van der Waals surface area (Å²) in [5, 5.41) is 3.59. The van der Waals surface area contributed by atoms with E-state index in [0.717, 1.165) is 15.4 Å². The van der Waals surface area contributed by atoms with E-state index in [-0.39, 0.29) is 23.8 Å². The van der Waals surface area contributed by atoms with Gasteiger partial charge in [0.15, 0.2) is 0 Å². The SMILES string of the molecule is CCCNC(=O)[C@H](Cc1ccccc1)N(Cc1ccc(Cl)c(Cl)c1)C(=O)CN(c1ccccc1)S(=O)(=O)c1ccc(C)cc1. The Labute approximate surface area is 269 Å². The van der Waals surface area contributed by atoms with E-state index in [0.29, 0.717) is 34.3 Å². The smallest absolute Gasteiger partial charge is 0.264 e. The molecule has 0 aliphatic heterocycles. The Balaban J connectivity index is 1.79. The molecule has 1 atom stereocenters. The second-order valence-electron chi connectivity index (χ2n) is 10.4. The number of nitrogens with zero attached hydrogens (tertiary/aromatic N) is 2. The molecule has 0 aromatic heterocycles. The van der Waals surface area contributed by atoms with Crippen LogP contribution in [0.15, 0.2) is 108 Å². The summed E-state index contributed by atoms with van der Waals surface area (Å²) in [4.78, 5) is 29.6. The van der Waals surface area contributed by atoms with Crippen molar-refractivity contribution in [2.24, 2.45) is 0 Å². The number of carbonyl (C=O) groups is 2. The fourth-order valence-corrected chi connectivity index (χ4v) is 6.45. The lowest BCUT2D eigenvalue weighted by Crippen LogP contribution is -2.53. The minimum Gasteiger partial charge on any atom is -0.354 e. The average Bonchev–Trinajstić information content (AvgIpc) is 3.03. The van der Waals surface area contributed by atoms with Gasteiger partial charge in [-0.25, -0.2) is 8.42 Å². The largest absolute Gasteiger partial charge is 0.354 e. The van der Waals surface area contributed by atoms with E-state index < -0.39 is 28.5 Å². The minimum atomic E-state index is -4.16. The molecule has 0 aliphatic carbocycles. The van der Waals surface area contributed by atoms with Crippen LogP contribution >= 0.6 is 23.2 Å². The standard InChI is InChI=1S/C34H35Cl2N3O4S/c1-3-20-37-34(41)32(22-26-10-6-4-7-11-26)38(23-27-16-19-30(35)31(36)21-27)33(40)24-39(28-12-8-5-9-13-28)44(42,43)29-17-14-25(2)15-18-29/h4-19,21,32H,3,20,22-24H2,1-2H3,(H,37,41)/t32-/m0/s1. The number of benzene rings is 4. The van der Waals surface area contributed by atoms with Crippen LogP contribution in [-0.2, 0) is 32.6 Å². The number of aryl methyl sites for hydroxylation is 1. The second kappa shape index (κ2) is 15.2. The van der Waals surface area contributed by atoms with Gasteiger partial charge in [-0.1, -0.05) is 102 Å². The Hall–Kier alpha value is -3.85. The predicted molar refractivity (Wildman–Crippen MR) is 176 cm³/mol. The van der Waals surface area contributed by atoms with Gasteiger partial charge in [0, 0.05) is 19.5 Å². The van der Waals surface area contributed by atoms with Gasteiger partial charge in [0.05, 0.1) is 20.6 Å². The van der Waals surface area contributed by atoms with Crippen molar-refractivity contribution in [3.05, 3.63) is 130 Å². The Morgan fingerprint density at radius 2 is 1.45 bits per heavy atom. The number of halogens is 2. The summed E-state index contributed by atoms with van der Waals surface area (Å²) in [5.74, 6) is -0.889. The van der Waals surface area contributed by atoms with Gasteiger partial charge in [-0.3, -0.25) is 13.9 Å². The number of hydrogen-bond donors (Lipinski definition) is 1. The van der Waals surface area contributed by atoms with Crippen molar-refractivity contribution in [1.29, 1.82) is 0 Å². The first-order chi connectivity index (χ1) is 21.1. The van der Waals surface area contributed by atoms with Crippen LogP contribution in [0.25, 0.3) is 0 Å². The first-order valence-corrected chi connectivity index (χ1v) is 16.5. The zero-order valence-corrected chi connectivity index (χ0v) is 26.9. The van der Waals surface area contributed by atoms with E-state index in [1.807, 2.05) is 44.2 Å². The van der Waals surface area contributed by atoms with Gasteiger partial charge in [-0.2, -0.15) is 0 Å². The molecule has 0 aliphatic rings. The number of hydrogen-bond acceptors (Lipinski definition) is 4. The molecule has 44 heavy (non-hydrogen) atoms. The maximum absolute atomic E-state index is 14.4.